The van der Waals surface area contributed by atoms with Crippen LogP contribution in [0.2, 0.25) is 0 Å². The van der Waals surface area contributed by atoms with E-state index in [1.807, 2.05) is 32.0 Å². The summed E-state index contributed by atoms with van der Waals surface area (Å²) in [6, 6.07) is 7.48. The Morgan fingerprint density at radius 1 is 1.09 bits per heavy atom. The van der Waals surface area contributed by atoms with Gasteiger partial charge >= 0.3 is 5.97 Å². The first-order valence-corrected chi connectivity index (χ1v) is 12.5. The maximum Gasteiger partial charge on any atom is 0.309 e. The van der Waals surface area contributed by atoms with Crippen LogP contribution in [0, 0.1) is 29.1 Å². The monoisotopic (exact) mass is 455 g/mol. The number of benzene rings is 1. The minimum Gasteiger partial charge on any atom is -0.506 e. The summed E-state index contributed by atoms with van der Waals surface area (Å²) in [5, 5.41) is 23.6. The molecule has 0 spiro atoms. The second-order valence-corrected chi connectivity index (χ2v) is 11.4. The lowest BCUT2D eigenvalue weighted by molar-refractivity contribution is -0.181. The molecule has 6 unspecified atom stereocenters. The standard InChI is InChI=1S/C26H37N3O4/c1-16-19-13-17-12-18(15-26(16,14-17)24(32)33)22(19)27-23(31)25(2,3)29-10-8-28(9-11-29)20-6-4-5-7-21(20)30/h4-7,16-19,22,30H,8-15H2,1-3H3,(H,27,31)(H,32,33). The van der Waals surface area contributed by atoms with Crippen molar-refractivity contribution in [2.75, 3.05) is 31.1 Å². The van der Waals surface area contributed by atoms with Crippen LogP contribution in [0.1, 0.15) is 46.5 Å². The Morgan fingerprint density at radius 3 is 2.45 bits per heavy atom. The summed E-state index contributed by atoms with van der Waals surface area (Å²) < 4.78 is 0. The largest absolute Gasteiger partial charge is 0.506 e. The molecule has 4 aliphatic carbocycles. The number of aliphatic carboxylic acids is 1. The minimum atomic E-state index is -0.646. The average Bonchev–Trinajstić information content (AvgIpc) is 2.79. The van der Waals surface area contributed by atoms with Crippen molar-refractivity contribution in [3.05, 3.63) is 24.3 Å². The van der Waals surface area contributed by atoms with E-state index in [0.29, 0.717) is 12.3 Å². The van der Waals surface area contributed by atoms with Crippen molar-refractivity contribution in [2.45, 2.75) is 58.0 Å². The van der Waals surface area contributed by atoms with Gasteiger partial charge in [0.25, 0.3) is 0 Å². The van der Waals surface area contributed by atoms with Gasteiger partial charge in [0.2, 0.25) is 5.91 Å². The molecule has 1 aromatic rings. The lowest BCUT2D eigenvalue weighted by atomic mass is 9.44. The summed E-state index contributed by atoms with van der Waals surface area (Å²) in [4.78, 5) is 30.2. The molecule has 1 heterocycles. The molecule has 5 fully saturated rings. The second-order valence-electron chi connectivity index (χ2n) is 11.4. The predicted molar refractivity (Wildman–Crippen MR) is 126 cm³/mol. The highest BCUT2D eigenvalue weighted by Crippen LogP contribution is 2.62. The molecule has 6 rings (SSSR count). The number of nitrogens with one attached hydrogen (secondary N) is 1. The number of carbonyl (C=O) groups is 2. The number of hydrogen-bond donors (Lipinski definition) is 3. The molecule has 33 heavy (non-hydrogen) atoms. The van der Waals surface area contributed by atoms with Gasteiger partial charge in [-0.15, -0.1) is 0 Å². The number of para-hydroxylation sites is 2. The lowest BCUT2D eigenvalue weighted by Crippen LogP contribution is -2.68. The van der Waals surface area contributed by atoms with Crippen LogP contribution in [0.5, 0.6) is 5.75 Å². The Hall–Kier alpha value is -2.28. The highest BCUT2D eigenvalue weighted by atomic mass is 16.4. The molecule has 5 aliphatic rings. The number of amides is 1. The van der Waals surface area contributed by atoms with Gasteiger partial charge in [-0.2, -0.15) is 0 Å². The van der Waals surface area contributed by atoms with Crippen molar-refractivity contribution in [2.24, 2.45) is 29.1 Å². The van der Waals surface area contributed by atoms with Crippen LogP contribution in [0.25, 0.3) is 0 Å². The molecule has 1 saturated heterocycles. The van der Waals surface area contributed by atoms with Crippen molar-refractivity contribution in [1.82, 2.24) is 10.2 Å². The van der Waals surface area contributed by atoms with Crippen LogP contribution in [-0.4, -0.2) is 64.7 Å². The van der Waals surface area contributed by atoms with E-state index in [2.05, 4.69) is 22.0 Å². The summed E-state index contributed by atoms with van der Waals surface area (Å²) in [5.41, 5.74) is -0.394. The van der Waals surface area contributed by atoms with E-state index in [1.165, 1.54) is 0 Å². The zero-order valence-corrected chi connectivity index (χ0v) is 20.0. The molecule has 4 saturated carbocycles. The molecule has 7 heteroatoms. The number of carboxylic acids is 1. The van der Waals surface area contributed by atoms with Crippen LogP contribution in [-0.2, 0) is 9.59 Å². The van der Waals surface area contributed by atoms with Crippen LogP contribution in [0.15, 0.2) is 24.3 Å². The normalized spacial score (nSPS) is 36.1. The fraction of sp³-hybridized carbons (Fsp3) is 0.692. The number of phenols is 1. The highest BCUT2D eigenvalue weighted by molar-refractivity contribution is 5.86. The summed E-state index contributed by atoms with van der Waals surface area (Å²) in [6.07, 6.45) is 3.59. The summed E-state index contributed by atoms with van der Waals surface area (Å²) in [6.45, 7) is 9.08. The zero-order chi connectivity index (χ0) is 23.5. The third kappa shape index (κ3) is 3.50. The third-order valence-corrected chi connectivity index (χ3v) is 9.58. The molecule has 0 radical (unpaired) electrons. The van der Waals surface area contributed by atoms with Crippen molar-refractivity contribution < 1.29 is 19.8 Å². The van der Waals surface area contributed by atoms with Gasteiger partial charge in [-0.05, 0) is 75.3 Å². The number of anilines is 1. The molecule has 4 bridgehead atoms. The van der Waals surface area contributed by atoms with E-state index in [-0.39, 0.29) is 35.5 Å². The number of phenolic OH excluding ortho intramolecular Hbond substituents is 1. The molecule has 7 nitrogen and oxygen atoms in total. The minimum absolute atomic E-state index is 0.0487. The van der Waals surface area contributed by atoms with Crippen LogP contribution >= 0.6 is 0 Å². The van der Waals surface area contributed by atoms with Gasteiger partial charge in [-0.1, -0.05) is 19.1 Å². The number of piperazine rings is 1. The second kappa shape index (κ2) is 7.90. The molecule has 1 aromatic carbocycles. The van der Waals surface area contributed by atoms with Gasteiger partial charge in [0.15, 0.2) is 0 Å². The van der Waals surface area contributed by atoms with E-state index in [4.69, 9.17) is 0 Å². The summed E-state index contributed by atoms with van der Waals surface area (Å²) in [7, 11) is 0. The smallest absolute Gasteiger partial charge is 0.309 e. The Kier molecular flexibility index (Phi) is 5.39. The molecule has 180 valence electrons. The maximum atomic E-state index is 13.6. The average molecular weight is 456 g/mol. The Balaban J connectivity index is 1.25. The molecule has 1 aliphatic heterocycles. The van der Waals surface area contributed by atoms with E-state index in [1.54, 1.807) is 6.07 Å². The van der Waals surface area contributed by atoms with Crippen LogP contribution < -0.4 is 10.2 Å². The van der Waals surface area contributed by atoms with Gasteiger partial charge in [0.05, 0.1) is 16.6 Å². The van der Waals surface area contributed by atoms with Crippen molar-refractivity contribution >= 4 is 17.6 Å². The van der Waals surface area contributed by atoms with Gasteiger partial charge in [0, 0.05) is 32.2 Å². The zero-order valence-electron chi connectivity index (χ0n) is 20.0. The van der Waals surface area contributed by atoms with Gasteiger partial charge in [0.1, 0.15) is 5.75 Å². The molecule has 3 N–H and O–H groups in total. The molecular formula is C26H37N3O4. The Morgan fingerprint density at radius 2 is 1.79 bits per heavy atom. The van der Waals surface area contributed by atoms with E-state index < -0.39 is 16.9 Å². The number of rotatable bonds is 5. The number of carbonyl (C=O) groups excluding carboxylic acids is 1. The van der Waals surface area contributed by atoms with Crippen LogP contribution in [0.3, 0.4) is 0 Å². The number of nitrogens with zero attached hydrogens (tertiary/aromatic N) is 2. The van der Waals surface area contributed by atoms with Gasteiger partial charge < -0.3 is 20.4 Å². The molecule has 0 aromatic heterocycles. The topological polar surface area (TPSA) is 93.1 Å². The van der Waals surface area contributed by atoms with Gasteiger partial charge in [-0.25, -0.2) is 0 Å². The Bertz CT molecular complexity index is 941. The van der Waals surface area contributed by atoms with Crippen molar-refractivity contribution in [3.8, 4) is 5.75 Å². The first-order valence-electron chi connectivity index (χ1n) is 12.5. The lowest BCUT2D eigenvalue weighted by Gasteiger charge is -2.62. The van der Waals surface area contributed by atoms with Crippen LogP contribution in [0.4, 0.5) is 5.69 Å². The first kappa shape index (κ1) is 22.5. The number of aromatic hydroxyl groups is 1. The van der Waals surface area contributed by atoms with E-state index >= 15 is 0 Å². The number of carboxylic acid groups (broad SMARTS) is 1. The van der Waals surface area contributed by atoms with E-state index in [0.717, 1.165) is 51.1 Å². The maximum absolute atomic E-state index is 13.6. The summed E-state index contributed by atoms with van der Waals surface area (Å²) in [5.74, 6) is 0.813. The summed E-state index contributed by atoms with van der Waals surface area (Å²) >= 11 is 0. The predicted octanol–water partition coefficient (Wildman–Crippen LogP) is 2.93. The fourth-order valence-corrected chi connectivity index (χ4v) is 7.60. The fourth-order valence-electron chi connectivity index (χ4n) is 7.60. The van der Waals surface area contributed by atoms with E-state index in [9.17, 15) is 19.8 Å². The Labute approximate surface area is 196 Å². The van der Waals surface area contributed by atoms with Crippen molar-refractivity contribution in [3.63, 3.8) is 0 Å². The molecule has 1 amide bonds. The van der Waals surface area contributed by atoms with Gasteiger partial charge in [-0.3, -0.25) is 14.5 Å². The SMILES string of the molecule is CC1C2CC3CC(CC1(C(=O)O)C3)C2NC(=O)C(C)(C)N1CCN(c2ccccc2O)CC1. The molecular weight excluding hydrogens is 418 g/mol. The van der Waals surface area contributed by atoms with Crippen molar-refractivity contribution in [1.29, 1.82) is 0 Å². The third-order valence-electron chi connectivity index (χ3n) is 9.58. The quantitative estimate of drug-likeness (QED) is 0.632. The highest BCUT2D eigenvalue weighted by Gasteiger charge is 2.63. The first-order chi connectivity index (χ1) is 15.6. The number of hydrogen-bond acceptors (Lipinski definition) is 5. The molecule has 6 atom stereocenters.